The highest BCUT2D eigenvalue weighted by Gasteiger charge is 2.32. The van der Waals surface area contributed by atoms with Gasteiger partial charge in [0.2, 0.25) is 0 Å². The monoisotopic (exact) mass is 432 g/mol. The minimum atomic E-state index is 0. The highest BCUT2D eigenvalue weighted by atomic mass is 127. The summed E-state index contributed by atoms with van der Waals surface area (Å²) in [5.74, 6) is 2.56. The summed E-state index contributed by atoms with van der Waals surface area (Å²) >= 11 is 0. The second kappa shape index (κ2) is 9.97. The molecule has 0 radical (unpaired) electrons. The Kier molecular flexibility index (Phi) is 8.68. The molecule has 1 atom stereocenters. The average Bonchev–Trinajstić information content (AvgIpc) is 3.35. The molecule has 130 valence electrons. The molecule has 0 heterocycles. The summed E-state index contributed by atoms with van der Waals surface area (Å²) in [6, 6.07) is 8.61. The number of guanidine groups is 1. The van der Waals surface area contributed by atoms with E-state index in [4.69, 9.17) is 4.74 Å². The van der Waals surface area contributed by atoms with Crippen molar-refractivity contribution in [3.8, 4) is 5.75 Å². The number of para-hydroxylation sites is 1. The minimum Gasteiger partial charge on any atom is -0.496 e. The lowest BCUT2D eigenvalue weighted by Crippen LogP contribution is -2.45. The van der Waals surface area contributed by atoms with Crippen LogP contribution in [0.5, 0.6) is 5.75 Å². The third kappa shape index (κ3) is 6.18. The van der Waals surface area contributed by atoms with E-state index in [0.29, 0.717) is 12.6 Å². The molecule has 0 amide bonds. The van der Waals surface area contributed by atoms with Gasteiger partial charge in [-0.15, -0.1) is 24.0 Å². The molecule has 0 saturated heterocycles. The van der Waals surface area contributed by atoms with Crippen molar-refractivity contribution in [2.75, 3.05) is 34.8 Å². The van der Waals surface area contributed by atoms with Crippen molar-refractivity contribution >= 4 is 29.9 Å². The second-order valence-corrected chi connectivity index (χ2v) is 5.99. The maximum absolute atomic E-state index is 5.37. The van der Waals surface area contributed by atoms with Gasteiger partial charge in [0.05, 0.1) is 7.11 Å². The molecular weight excluding hydrogens is 403 g/mol. The van der Waals surface area contributed by atoms with Crippen molar-refractivity contribution in [1.82, 2.24) is 15.5 Å². The number of aliphatic imine (C=N–C) groups is 1. The molecule has 0 bridgehead atoms. The van der Waals surface area contributed by atoms with Gasteiger partial charge in [-0.1, -0.05) is 18.2 Å². The van der Waals surface area contributed by atoms with Crippen molar-refractivity contribution in [2.45, 2.75) is 25.4 Å². The Morgan fingerprint density at radius 1 is 1.30 bits per heavy atom. The summed E-state index contributed by atoms with van der Waals surface area (Å²) < 4.78 is 5.37. The van der Waals surface area contributed by atoms with E-state index in [1.54, 1.807) is 14.2 Å². The SMILES string of the molecule is CN=C(NCc1ccccc1OC)NCC(C1CC1)N(C)C.I. The van der Waals surface area contributed by atoms with Gasteiger partial charge < -0.3 is 20.3 Å². The van der Waals surface area contributed by atoms with E-state index >= 15 is 0 Å². The standard InChI is InChI=1S/C17H28N4O.HI/c1-18-17(20-12-15(21(2)3)13-9-10-13)19-11-14-7-5-6-8-16(14)22-4;/h5-8,13,15H,9-12H2,1-4H3,(H2,18,19,20);1H. The quantitative estimate of drug-likeness (QED) is 0.395. The van der Waals surface area contributed by atoms with Crippen LogP contribution >= 0.6 is 24.0 Å². The third-order valence-corrected chi connectivity index (χ3v) is 4.17. The largest absolute Gasteiger partial charge is 0.496 e. The predicted octanol–water partition coefficient (Wildman–Crippen LogP) is 2.32. The van der Waals surface area contributed by atoms with Crippen LogP contribution in [0.1, 0.15) is 18.4 Å². The van der Waals surface area contributed by atoms with Gasteiger partial charge in [-0.2, -0.15) is 0 Å². The molecule has 6 heteroatoms. The number of rotatable bonds is 7. The fourth-order valence-corrected chi connectivity index (χ4v) is 2.70. The van der Waals surface area contributed by atoms with E-state index in [9.17, 15) is 0 Å². The molecule has 0 spiro atoms. The van der Waals surface area contributed by atoms with Crippen molar-refractivity contribution < 1.29 is 4.74 Å². The maximum atomic E-state index is 5.37. The minimum absolute atomic E-state index is 0. The lowest BCUT2D eigenvalue weighted by atomic mass is 10.1. The Labute approximate surface area is 156 Å². The summed E-state index contributed by atoms with van der Waals surface area (Å²) in [6.07, 6.45) is 2.69. The fourth-order valence-electron chi connectivity index (χ4n) is 2.70. The first kappa shape index (κ1) is 20.0. The van der Waals surface area contributed by atoms with Crippen LogP contribution in [0.2, 0.25) is 0 Å². The van der Waals surface area contributed by atoms with Gasteiger partial charge >= 0.3 is 0 Å². The zero-order chi connectivity index (χ0) is 15.9. The first-order valence-corrected chi connectivity index (χ1v) is 7.88. The van der Waals surface area contributed by atoms with Gasteiger partial charge in [-0.25, -0.2) is 0 Å². The van der Waals surface area contributed by atoms with E-state index in [1.165, 1.54) is 12.8 Å². The molecule has 23 heavy (non-hydrogen) atoms. The molecule has 5 nitrogen and oxygen atoms in total. The molecule has 0 aliphatic heterocycles. The number of nitrogens with one attached hydrogen (secondary N) is 2. The van der Waals surface area contributed by atoms with Crippen molar-refractivity contribution in [3.05, 3.63) is 29.8 Å². The normalized spacial score (nSPS) is 15.8. The summed E-state index contributed by atoms with van der Waals surface area (Å²) in [4.78, 5) is 6.61. The highest BCUT2D eigenvalue weighted by molar-refractivity contribution is 14.0. The lowest BCUT2D eigenvalue weighted by molar-refractivity contribution is 0.264. The van der Waals surface area contributed by atoms with E-state index < -0.39 is 0 Å². The molecule has 1 saturated carbocycles. The number of methoxy groups -OCH3 is 1. The molecule has 1 aliphatic rings. The Morgan fingerprint density at radius 3 is 2.57 bits per heavy atom. The third-order valence-electron chi connectivity index (χ3n) is 4.17. The molecule has 1 unspecified atom stereocenters. The molecule has 1 aromatic carbocycles. The first-order valence-electron chi connectivity index (χ1n) is 7.88. The molecule has 1 aliphatic carbocycles. The lowest BCUT2D eigenvalue weighted by Gasteiger charge is -2.25. The number of ether oxygens (including phenoxy) is 1. The van der Waals surface area contributed by atoms with E-state index in [1.807, 2.05) is 18.2 Å². The van der Waals surface area contributed by atoms with Crippen LogP contribution in [0, 0.1) is 5.92 Å². The van der Waals surface area contributed by atoms with Crippen molar-refractivity contribution in [1.29, 1.82) is 0 Å². The molecular formula is C17H29IN4O. The summed E-state index contributed by atoms with van der Waals surface area (Å²) in [5.41, 5.74) is 1.12. The number of likely N-dealkylation sites (N-methyl/N-ethyl adjacent to an activating group) is 1. The van der Waals surface area contributed by atoms with Crippen molar-refractivity contribution in [3.63, 3.8) is 0 Å². The predicted molar refractivity (Wildman–Crippen MR) is 107 cm³/mol. The van der Waals surface area contributed by atoms with Gasteiger partial charge in [0.1, 0.15) is 5.75 Å². The zero-order valence-electron chi connectivity index (χ0n) is 14.5. The Bertz CT molecular complexity index is 501. The smallest absolute Gasteiger partial charge is 0.191 e. The highest BCUT2D eigenvalue weighted by Crippen LogP contribution is 2.34. The van der Waals surface area contributed by atoms with Crippen LogP contribution < -0.4 is 15.4 Å². The topological polar surface area (TPSA) is 48.9 Å². The first-order chi connectivity index (χ1) is 10.7. The summed E-state index contributed by atoms with van der Waals surface area (Å²) in [6.45, 7) is 1.61. The molecule has 1 fully saturated rings. The van der Waals surface area contributed by atoms with Gasteiger partial charge in [0.15, 0.2) is 5.96 Å². The number of benzene rings is 1. The van der Waals surface area contributed by atoms with Crippen LogP contribution in [0.25, 0.3) is 0 Å². The molecule has 2 rings (SSSR count). The van der Waals surface area contributed by atoms with Crippen LogP contribution in [0.15, 0.2) is 29.3 Å². The Balaban J connectivity index is 0.00000264. The van der Waals surface area contributed by atoms with E-state index in [2.05, 4.69) is 40.7 Å². The fraction of sp³-hybridized carbons (Fsp3) is 0.588. The second-order valence-electron chi connectivity index (χ2n) is 5.99. The molecule has 0 aromatic heterocycles. The number of nitrogens with zero attached hydrogens (tertiary/aromatic N) is 2. The van der Waals surface area contributed by atoms with Crippen LogP contribution in [-0.2, 0) is 6.54 Å². The van der Waals surface area contributed by atoms with Crippen LogP contribution in [0.4, 0.5) is 0 Å². The number of hydrogen-bond acceptors (Lipinski definition) is 3. The average molecular weight is 432 g/mol. The zero-order valence-corrected chi connectivity index (χ0v) is 16.8. The van der Waals surface area contributed by atoms with Crippen LogP contribution in [-0.4, -0.2) is 51.7 Å². The van der Waals surface area contributed by atoms with Crippen molar-refractivity contribution in [2.24, 2.45) is 10.9 Å². The molecule has 1 aromatic rings. The van der Waals surface area contributed by atoms with Crippen LogP contribution in [0.3, 0.4) is 0 Å². The summed E-state index contributed by atoms with van der Waals surface area (Å²) in [7, 11) is 7.80. The van der Waals surface area contributed by atoms with Gasteiger partial charge in [-0.05, 0) is 38.9 Å². The van der Waals surface area contributed by atoms with Gasteiger partial charge in [0, 0.05) is 31.7 Å². The van der Waals surface area contributed by atoms with E-state index in [-0.39, 0.29) is 24.0 Å². The van der Waals surface area contributed by atoms with Gasteiger partial charge in [-0.3, -0.25) is 4.99 Å². The van der Waals surface area contributed by atoms with E-state index in [0.717, 1.165) is 29.7 Å². The van der Waals surface area contributed by atoms with Gasteiger partial charge in [0.25, 0.3) is 0 Å². The maximum Gasteiger partial charge on any atom is 0.191 e. The summed E-state index contributed by atoms with van der Waals surface area (Å²) in [5, 5.41) is 6.79. The number of halogens is 1. The Hall–Kier alpha value is -1.02. The number of hydrogen-bond donors (Lipinski definition) is 2. The molecule has 2 N–H and O–H groups in total. The Morgan fingerprint density at radius 2 is 2.00 bits per heavy atom.